The summed E-state index contributed by atoms with van der Waals surface area (Å²) in [5.41, 5.74) is 6.30. The van der Waals surface area contributed by atoms with Crippen molar-refractivity contribution in [1.82, 2.24) is 9.69 Å². The van der Waals surface area contributed by atoms with Crippen molar-refractivity contribution in [2.24, 2.45) is 0 Å². The fourth-order valence-corrected chi connectivity index (χ4v) is 3.81. The van der Waals surface area contributed by atoms with Gasteiger partial charge in [0.25, 0.3) is 5.91 Å². The molecule has 1 aliphatic rings. The molecule has 0 aromatic carbocycles. The minimum atomic E-state index is -0.156. The van der Waals surface area contributed by atoms with E-state index in [9.17, 15) is 4.79 Å². The maximum absolute atomic E-state index is 11.8. The molecule has 1 aliphatic heterocycles. The summed E-state index contributed by atoms with van der Waals surface area (Å²) >= 11 is 3.25. The van der Waals surface area contributed by atoms with Crippen LogP contribution in [-0.2, 0) is 0 Å². The zero-order valence-corrected chi connectivity index (χ0v) is 11.5. The van der Waals surface area contributed by atoms with E-state index in [2.05, 4.69) is 21.5 Å². The van der Waals surface area contributed by atoms with Crippen LogP contribution in [0.5, 0.6) is 0 Å². The lowest BCUT2D eigenvalue weighted by Crippen LogP contribution is -2.41. The van der Waals surface area contributed by atoms with E-state index in [4.69, 9.17) is 5.73 Å². The van der Waals surface area contributed by atoms with Crippen molar-refractivity contribution in [3.8, 4) is 0 Å². The Morgan fingerprint density at radius 1 is 1.65 bits per heavy atom. The standard InChI is InChI=1S/C10H16N4OS2/c1-6-5-16-4-3-14(6)10-7(9(15)12-2)8(11)13-17-10/h6H,3-5H2,1-2H3,(H2,11,13)(H,12,15). The lowest BCUT2D eigenvalue weighted by Gasteiger charge is -2.34. The Morgan fingerprint density at radius 3 is 3.06 bits per heavy atom. The normalized spacial score (nSPS) is 20.4. The number of aromatic nitrogens is 1. The van der Waals surface area contributed by atoms with Crippen molar-refractivity contribution in [3.63, 3.8) is 0 Å². The number of nitrogen functional groups attached to an aromatic ring is 1. The molecular formula is C10H16N4OS2. The quantitative estimate of drug-likeness (QED) is 0.841. The smallest absolute Gasteiger partial charge is 0.257 e. The summed E-state index contributed by atoms with van der Waals surface area (Å²) in [7, 11) is 1.61. The molecule has 1 atom stereocenters. The number of amides is 1. The second-order valence-electron chi connectivity index (χ2n) is 3.94. The number of nitrogens with two attached hydrogens (primary N) is 1. The first-order valence-corrected chi connectivity index (χ1v) is 7.39. The first kappa shape index (κ1) is 12.5. The van der Waals surface area contributed by atoms with Gasteiger partial charge in [0.15, 0.2) is 5.82 Å². The highest BCUT2D eigenvalue weighted by Gasteiger charge is 2.27. The Labute approximate surface area is 109 Å². The van der Waals surface area contributed by atoms with Gasteiger partial charge < -0.3 is 16.0 Å². The number of nitrogens with one attached hydrogen (secondary N) is 1. The van der Waals surface area contributed by atoms with E-state index < -0.39 is 0 Å². The van der Waals surface area contributed by atoms with Crippen LogP contribution in [0.1, 0.15) is 17.3 Å². The summed E-state index contributed by atoms with van der Waals surface area (Å²) in [5.74, 6) is 2.33. The van der Waals surface area contributed by atoms with Crippen molar-refractivity contribution < 1.29 is 4.79 Å². The van der Waals surface area contributed by atoms with Crippen LogP contribution in [0.3, 0.4) is 0 Å². The molecule has 94 valence electrons. The van der Waals surface area contributed by atoms with E-state index >= 15 is 0 Å². The van der Waals surface area contributed by atoms with Gasteiger partial charge in [0.2, 0.25) is 0 Å². The van der Waals surface area contributed by atoms with Gasteiger partial charge in [-0.05, 0) is 18.5 Å². The van der Waals surface area contributed by atoms with Crippen LogP contribution in [0.2, 0.25) is 0 Å². The predicted molar refractivity (Wildman–Crippen MR) is 74.0 cm³/mol. The molecule has 0 radical (unpaired) electrons. The number of rotatable bonds is 2. The first-order valence-electron chi connectivity index (χ1n) is 5.46. The number of hydrogen-bond acceptors (Lipinski definition) is 6. The third kappa shape index (κ3) is 2.35. The second-order valence-corrected chi connectivity index (χ2v) is 5.85. The molecule has 1 amide bonds. The van der Waals surface area contributed by atoms with Crippen LogP contribution in [0.25, 0.3) is 0 Å². The molecule has 1 aromatic heterocycles. The van der Waals surface area contributed by atoms with Gasteiger partial charge in [0.1, 0.15) is 10.6 Å². The average molecular weight is 272 g/mol. The maximum Gasteiger partial charge on any atom is 0.257 e. The SMILES string of the molecule is CNC(=O)c1c(N)nsc1N1CCSCC1C. The number of carbonyl (C=O) groups is 1. The van der Waals surface area contributed by atoms with Gasteiger partial charge in [-0.25, -0.2) is 0 Å². The maximum atomic E-state index is 11.8. The van der Waals surface area contributed by atoms with Crippen molar-refractivity contribution >= 4 is 40.0 Å². The van der Waals surface area contributed by atoms with Gasteiger partial charge in [-0.1, -0.05) is 0 Å². The topological polar surface area (TPSA) is 71.2 Å². The third-order valence-electron chi connectivity index (χ3n) is 2.78. The van der Waals surface area contributed by atoms with Gasteiger partial charge in [0.05, 0.1) is 0 Å². The molecule has 0 spiro atoms. The number of thioether (sulfide) groups is 1. The molecular weight excluding hydrogens is 256 g/mol. The Morgan fingerprint density at radius 2 is 2.41 bits per heavy atom. The highest BCUT2D eigenvalue weighted by Crippen LogP contribution is 2.34. The lowest BCUT2D eigenvalue weighted by atomic mass is 10.2. The second kappa shape index (κ2) is 5.14. The molecule has 0 aliphatic carbocycles. The van der Waals surface area contributed by atoms with E-state index in [0.29, 0.717) is 17.4 Å². The van der Waals surface area contributed by atoms with Gasteiger partial charge in [-0.2, -0.15) is 16.1 Å². The third-order valence-corrected chi connectivity index (χ3v) is 4.87. The van der Waals surface area contributed by atoms with Crippen LogP contribution in [0.15, 0.2) is 0 Å². The minimum Gasteiger partial charge on any atom is -0.382 e. The molecule has 5 nitrogen and oxygen atoms in total. The highest BCUT2D eigenvalue weighted by molar-refractivity contribution is 7.99. The van der Waals surface area contributed by atoms with E-state index in [-0.39, 0.29) is 5.91 Å². The van der Waals surface area contributed by atoms with Crippen LogP contribution in [0.4, 0.5) is 10.8 Å². The molecule has 17 heavy (non-hydrogen) atoms. The largest absolute Gasteiger partial charge is 0.382 e. The molecule has 0 saturated carbocycles. The summed E-state index contributed by atoms with van der Waals surface area (Å²) in [6.07, 6.45) is 0. The highest BCUT2D eigenvalue weighted by atomic mass is 32.2. The number of hydrogen-bond donors (Lipinski definition) is 2. The summed E-state index contributed by atoms with van der Waals surface area (Å²) < 4.78 is 4.11. The number of carbonyl (C=O) groups excluding carboxylic acids is 1. The average Bonchev–Trinajstić information content (AvgIpc) is 2.71. The summed E-state index contributed by atoms with van der Waals surface area (Å²) in [5, 5.41) is 3.52. The summed E-state index contributed by atoms with van der Waals surface area (Å²) in [6.45, 7) is 3.10. The molecule has 1 fully saturated rings. The molecule has 3 N–H and O–H groups in total. The monoisotopic (exact) mass is 272 g/mol. The molecule has 0 bridgehead atoms. The lowest BCUT2D eigenvalue weighted by molar-refractivity contribution is 0.0964. The van der Waals surface area contributed by atoms with Crippen LogP contribution < -0.4 is 16.0 Å². The Kier molecular flexibility index (Phi) is 3.78. The fraction of sp³-hybridized carbons (Fsp3) is 0.600. The van der Waals surface area contributed by atoms with Crippen LogP contribution in [0, 0.1) is 0 Å². The molecule has 7 heteroatoms. The molecule has 1 unspecified atom stereocenters. The van der Waals surface area contributed by atoms with Crippen LogP contribution >= 0.6 is 23.3 Å². The van der Waals surface area contributed by atoms with E-state index in [1.807, 2.05) is 11.8 Å². The fourth-order valence-electron chi connectivity index (χ4n) is 1.86. The van der Waals surface area contributed by atoms with Gasteiger partial charge in [-0.3, -0.25) is 4.79 Å². The Bertz CT molecular complexity index is 420. The molecule has 2 heterocycles. The zero-order chi connectivity index (χ0) is 12.4. The Hall–Kier alpha value is -0.950. The van der Waals surface area contributed by atoms with Crippen LogP contribution in [-0.4, -0.2) is 41.4 Å². The zero-order valence-electron chi connectivity index (χ0n) is 9.90. The van der Waals surface area contributed by atoms with E-state index in [1.165, 1.54) is 11.5 Å². The number of anilines is 2. The first-order chi connectivity index (χ1) is 8.15. The predicted octanol–water partition coefficient (Wildman–Crippen LogP) is 1.03. The van der Waals surface area contributed by atoms with E-state index in [1.54, 1.807) is 7.05 Å². The van der Waals surface area contributed by atoms with Crippen molar-refractivity contribution in [2.75, 3.05) is 35.7 Å². The molecule has 1 saturated heterocycles. The van der Waals surface area contributed by atoms with Gasteiger partial charge in [-0.15, -0.1) is 0 Å². The molecule has 2 rings (SSSR count). The van der Waals surface area contributed by atoms with Gasteiger partial charge >= 0.3 is 0 Å². The summed E-state index contributed by atoms with van der Waals surface area (Å²) in [4.78, 5) is 14.0. The van der Waals surface area contributed by atoms with Crippen molar-refractivity contribution in [3.05, 3.63) is 5.56 Å². The summed E-state index contributed by atoms with van der Waals surface area (Å²) in [6, 6.07) is 0.414. The molecule has 1 aromatic rings. The minimum absolute atomic E-state index is 0.156. The van der Waals surface area contributed by atoms with Crippen molar-refractivity contribution in [2.45, 2.75) is 13.0 Å². The van der Waals surface area contributed by atoms with Gasteiger partial charge in [0, 0.05) is 31.1 Å². The van der Waals surface area contributed by atoms with E-state index in [0.717, 1.165) is 23.1 Å². The van der Waals surface area contributed by atoms with Crippen molar-refractivity contribution in [1.29, 1.82) is 0 Å². The Balaban J connectivity index is 2.34. The number of nitrogens with zero attached hydrogens (tertiary/aromatic N) is 2.